The summed E-state index contributed by atoms with van der Waals surface area (Å²) >= 11 is 0. The molecule has 0 radical (unpaired) electrons. The van der Waals surface area contributed by atoms with Gasteiger partial charge in [0.05, 0.1) is 6.10 Å². The van der Waals surface area contributed by atoms with Gasteiger partial charge in [0, 0.05) is 39.5 Å². The molecule has 7 nitrogen and oxygen atoms in total. The molecule has 2 rings (SSSR count). The maximum Gasteiger partial charge on any atom is 0.433 e. The number of nitrogens with one attached hydrogen (secondary N) is 3. The van der Waals surface area contributed by atoms with Crippen molar-refractivity contribution in [1.82, 2.24) is 20.6 Å². The fourth-order valence-corrected chi connectivity index (χ4v) is 2.54. The smallest absolute Gasteiger partial charge is 0.374 e. The molecule has 1 unspecified atom stereocenters. The van der Waals surface area contributed by atoms with Crippen LogP contribution in [0.2, 0.25) is 0 Å². The van der Waals surface area contributed by atoms with E-state index in [-0.39, 0.29) is 36.0 Å². The quantitative estimate of drug-likeness (QED) is 0.180. The van der Waals surface area contributed by atoms with E-state index < -0.39 is 11.9 Å². The normalized spacial score (nSPS) is 12.6. The van der Waals surface area contributed by atoms with Gasteiger partial charge in [0.1, 0.15) is 5.69 Å². The van der Waals surface area contributed by atoms with Gasteiger partial charge in [-0.25, -0.2) is 9.97 Å². The summed E-state index contributed by atoms with van der Waals surface area (Å²) in [7, 11) is 1.65. The molecule has 11 heteroatoms. The Labute approximate surface area is 197 Å². The van der Waals surface area contributed by atoms with E-state index >= 15 is 0 Å². The average Bonchev–Trinajstić information content (AvgIpc) is 2.75. The molecule has 0 bridgehead atoms. The summed E-state index contributed by atoms with van der Waals surface area (Å²) < 4.78 is 43.8. The SMILES string of the molecule is CN=C(NCCCOC(C)c1ccccc1)NCCNc1nccc(C(F)(F)F)n1.I. The fraction of sp³-hybridized carbons (Fsp3) is 0.450. The molecule has 1 aromatic carbocycles. The standard InChI is InChI=1S/C20H27F3N6O.HI/c1-15(16-7-4-3-5-8-16)30-14-6-10-25-18(24-2)27-12-13-28-19-26-11-9-17(29-19)20(21,22)23;/h3-5,7-9,11,15H,6,10,12-14H2,1-2H3,(H2,24,25,27)(H,26,28,29);1H. The van der Waals surface area contributed by atoms with Gasteiger partial charge in [0.2, 0.25) is 5.95 Å². The summed E-state index contributed by atoms with van der Waals surface area (Å²) in [6.07, 6.45) is -2.58. The van der Waals surface area contributed by atoms with E-state index in [1.54, 1.807) is 7.05 Å². The van der Waals surface area contributed by atoms with Crippen LogP contribution in [0.5, 0.6) is 0 Å². The number of hydrogen-bond donors (Lipinski definition) is 3. The zero-order valence-corrected chi connectivity index (χ0v) is 19.8. The molecule has 0 fully saturated rings. The number of ether oxygens (including phenoxy) is 1. The summed E-state index contributed by atoms with van der Waals surface area (Å²) in [6, 6.07) is 10.8. The van der Waals surface area contributed by atoms with E-state index in [4.69, 9.17) is 4.74 Å². The Kier molecular flexibility index (Phi) is 12.2. The van der Waals surface area contributed by atoms with Gasteiger partial charge in [0.15, 0.2) is 5.96 Å². The lowest BCUT2D eigenvalue weighted by Crippen LogP contribution is -2.40. The predicted molar refractivity (Wildman–Crippen MR) is 126 cm³/mol. The van der Waals surface area contributed by atoms with Gasteiger partial charge in [0.25, 0.3) is 0 Å². The second-order valence-electron chi connectivity index (χ2n) is 6.39. The monoisotopic (exact) mass is 552 g/mol. The largest absolute Gasteiger partial charge is 0.433 e. The van der Waals surface area contributed by atoms with Crippen LogP contribution in [-0.4, -0.2) is 49.2 Å². The zero-order valence-electron chi connectivity index (χ0n) is 17.4. The predicted octanol–water partition coefficient (Wildman–Crippen LogP) is 3.86. The van der Waals surface area contributed by atoms with Crippen molar-refractivity contribution in [3.8, 4) is 0 Å². The first-order chi connectivity index (χ1) is 14.4. The number of aromatic nitrogens is 2. The van der Waals surface area contributed by atoms with Crippen molar-refractivity contribution in [3.05, 3.63) is 53.9 Å². The molecule has 0 spiro atoms. The van der Waals surface area contributed by atoms with Crippen LogP contribution in [0.4, 0.5) is 19.1 Å². The van der Waals surface area contributed by atoms with Gasteiger partial charge >= 0.3 is 6.18 Å². The van der Waals surface area contributed by atoms with Crippen LogP contribution in [0.15, 0.2) is 47.6 Å². The first kappa shape index (κ1) is 26.9. The van der Waals surface area contributed by atoms with E-state index in [0.717, 1.165) is 24.2 Å². The Morgan fingerprint density at radius 3 is 2.48 bits per heavy atom. The molecule has 172 valence electrons. The Hall–Kier alpha value is -2.15. The van der Waals surface area contributed by atoms with Crippen molar-refractivity contribution in [2.24, 2.45) is 4.99 Å². The highest BCUT2D eigenvalue weighted by Crippen LogP contribution is 2.27. The van der Waals surface area contributed by atoms with Gasteiger partial charge < -0.3 is 20.7 Å². The van der Waals surface area contributed by atoms with E-state index in [9.17, 15) is 13.2 Å². The Balaban J connectivity index is 0.00000480. The summed E-state index contributed by atoms with van der Waals surface area (Å²) in [6.45, 7) is 4.06. The molecule has 0 aliphatic carbocycles. The molecule has 1 heterocycles. The molecule has 0 saturated heterocycles. The number of rotatable bonds is 10. The first-order valence-corrected chi connectivity index (χ1v) is 9.65. The molecule has 0 aliphatic rings. The van der Waals surface area contributed by atoms with Crippen molar-refractivity contribution >= 4 is 35.9 Å². The molecule has 1 aromatic heterocycles. The summed E-state index contributed by atoms with van der Waals surface area (Å²) in [5.74, 6) is 0.525. The Morgan fingerprint density at radius 2 is 1.81 bits per heavy atom. The lowest BCUT2D eigenvalue weighted by Gasteiger charge is -2.15. The van der Waals surface area contributed by atoms with Gasteiger partial charge in [-0.15, -0.1) is 24.0 Å². The minimum Gasteiger partial charge on any atom is -0.374 e. The van der Waals surface area contributed by atoms with Crippen molar-refractivity contribution < 1.29 is 17.9 Å². The number of nitrogens with zero attached hydrogens (tertiary/aromatic N) is 3. The van der Waals surface area contributed by atoms with Crippen LogP contribution >= 0.6 is 24.0 Å². The van der Waals surface area contributed by atoms with E-state index in [2.05, 4.69) is 30.9 Å². The van der Waals surface area contributed by atoms with Crippen molar-refractivity contribution in [2.75, 3.05) is 38.6 Å². The summed E-state index contributed by atoms with van der Waals surface area (Å²) in [4.78, 5) is 11.3. The van der Waals surface area contributed by atoms with Crippen molar-refractivity contribution in [2.45, 2.75) is 25.6 Å². The summed E-state index contributed by atoms with van der Waals surface area (Å²) in [5, 5.41) is 8.98. The molecule has 0 aliphatic heterocycles. The highest BCUT2D eigenvalue weighted by molar-refractivity contribution is 14.0. The highest BCUT2D eigenvalue weighted by Gasteiger charge is 2.32. The molecule has 2 aromatic rings. The molecule has 0 amide bonds. The number of halogens is 4. The molecule has 0 saturated carbocycles. The number of hydrogen-bond acceptors (Lipinski definition) is 5. The van der Waals surface area contributed by atoms with Crippen LogP contribution in [0.3, 0.4) is 0 Å². The van der Waals surface area contributed by atoms with Crippen LogP contribution in [0, 0.1) is 0 Å². The average molecular weight is 552 g/mol. The van der Waals surface area contributed by atoms with Gasteiger partial charge in [-0.2, -0.15) is 13.2 Å². The maximum atomic E-state index is 12.6. The Morgan fingerprint density at radius 1 is 1.10 bits per heavy atom. The lowest BCUT2D eigenvalue weighted by atomic mass is 10.1. The third-order valence-electron chi connectivity index (χ3n) is 4.12. The van der Waals surface area contributed by atoms with Crippen LogP contribution in [0.1, 0.15) is 30.7 Å². The molecular formula is C20H28F3IN6O. The molecule has 1 atom stereocenters. The first-order valence-electron chi connectivity index (χ1n) is 9.65. The van der Waals surface area contributed by atoms with Gasteiger partial charge in [-0.05, 0) is 25.0 Å². The Bertz CT molecular complexity index is 792. The zero-order chi connectivity index (χ0) is 21.8. The second kappa shape index (κ2) is 14.0. The number of alkyl halides is 3. The van der Waals surface area contributed by atoms with Gasteiger partial charge in [-0.3, -0.25) is 4.99 Å². The maximum absolute atomic E-state index is 12.6. The lowest BCUT2D eigenvalue weighted by molar-refractivity contribution is -0.141. The second-order valence-corrected chi connectivity index (χ2v) is 6.39. The van der Waals surface area contributed by atoms with Crippen LogP contribution in [-0.2, 0) is 10.9 Å². The van der Waals surface area contributed by atoms with E-state index in [1.807, 2.05) is 37.3 Å². The topological polar surface area (TPSA) is 83.5 Å². The molecular weight excluding hydrogens is 524 g/mol. The minimum atomic E-state index is -4.49. The number of aliphatic imine (C=N–C) groups is 1. The number of benzene rings is 1. The van der Waals surface area contributed by atoms with Crippen molar-refractivity contribution in [1.29, 1.82) is 0 Å². The minimum absolute atomic E-state index is 0. The third kappa shape index (κ3) is 10.1. The van der Waals surface area contributed by atoms with E-state index in [1.165, 1.54) is 0 Å². The fourth-order valence-electron chi connectivity index (χ4n) is 2.54. The third-order valence-corrected chi connectivity index (χ3v) is 4.12. The summed E-state index contributed by atoms with van der Waals surface area (Å²) in [5.41, 5.74) is 0.162. The van der Waals surface area contributed by atoms with Crippen molar-refractivity contribution in [3.63, 3.8) is 0 Å². The molecule has 3 N–H and O–H groups in total. The number of anilines is 1. The number of guanidine groups is 1. The highest BCUT2D eigenvalue weighted by atomic mass is 127. The van der Waals surface area contributed by atoms with E-state index in [0.29, 0.717) is 32.2 Å². The van der Waals surface area contributed by atoms with Gasteiger partial charge in [-0.1, -0.05) is 30.3 Å². The molecule has 31 heavy (non-hydrogen) atoms. The van der Waals surface area contributed by atoms with Crippen LogP contribution in [0.25, 0.3) is 0 Å². The van der Waals surface area contributed by atoms with Crippen LogP contribution < -0.4 is 16.0 Å².